The zero-order chi connectivity index (χ0) is 15.0. The molecule has 2 heterocycles. The van der Waals surface area contributed by atoms with E-state index < -0.39 is 5.97 Å². The Morgan fingerprint density at radius 2 is 2.19 bits per heavy atom. The molecule has 2 N–H and O–H groups in total. The average molecular weight is 285 g/mol. The summed E-state index contributed by atoms with van der Waals surface area (Å²) >= 11 is 0. The van der Waals surface area contributed by atoms with Crippen molar-refractivity contribution in [3.05, 3.63) is 47.9 Å². The van der Waals surface area contributed by atoms with Gasteiger partial charge in [0.1, 0.15) is 23.3 Å². The minimum Gasteiger partial charge on any atom is -0.508 e. The van der Waals surface area contributed by atoms with Crippen LogP contribution in [0.1, 0.15) is 15.9 Å². The number of hydrogen-bond acceptors (Lipinski definition) is 5. The van der Waals surface area contributed by atoms with Gasteiger partial charge in [-0.25, -0.2) is 9.31 Å². The molecule has 0 saturated heterocycles. The Labute approximate surface area is 119 Å². The molecule has 3 rings (SSSR count). The molecule has 0 atom stereocenters. The van der Waals surface area contributed by atoms with Gasteiger partial charge in [-0.15, -0.1) is 0 Å². The van der Waals surface area contributed by atoms with Crippen LogP contribution in [0.3, 0.4) is 0 Å². The molecule has 106 valence electrons. The molecule has 0 unspecified atom stereocenters. The molecule has 0 bridgehead atoms. The number of nitrogens with zero attached hydrogens (tertiary/aromatic N) is 3. The molecule has 2 aromatic heterocycles. The van der Waals surface area contributed by atoms with Crippen molar-refractivity contribution in [2.75, 3.05) is 0 Å². The van der Waals surface area contributed by atoms with Crippen LogP contribution in [-0.2, 0) is 0 Å². The molecule has 0 aliphatic carbocycles. The lowest BCUT2D eigenvalue weighted by molar-refractivity contribution is 0.0696. The number of hydrogen-bond donors (Lipinski definition) is 2. The lowest BCUT2D eigenvalue weighted by Gasteiger charge is -2.06. The molecule has 7 heteroatoms. The number of phenols is 1. The maximum absolute atomic E-state index is 11.2. The van der Waals surface area contributed by atoms with Crippen molar-refractivity contribution < 1.29 is 19.7 Å². The summed E-state index contributed by atoms with van der Waals surface area (Å²) in [7, 11) is 0. The van der Waals surface area contributed by atoms with Gasteiger partial charge < -0.3 is 14.9 Å². The van der Waals surface area contributed by atoms with Crippen molar-refractivity contribution in [2.24, 2.45) is 0 Å². The summed E-state index contributed by atoms with van der Waals surface area (Å²) < 4.78 is 7.03. The van der Waals surface area contributed by atoms with E-state index >= 15 is 0 Å². The van der Waals surface area contributed by atoms with Gasteiger partial charge in [0.05, 0.1) is 5.56 Å². The van der Waals surface area contributed by atoms with Crippen molar-refractivity contribution in [3.8, 4) is 17.4 Å². The fourth-order valence-electron chi connectivity index (χ4n) is 2.08. The second-order valence-corrected chi connectivity index (χ2v) is 4.43. The molecule has 0 spiro atoms. The first-order valence-electron chi connectivity index (χ1n) is 6.09. The highest BCUT2D eigenvalue weighted by Crippen LogP contribution is 2.29. The van der Waals surface area contributed by atoms with Gasteiger partial charge in [-0.2, -0.15) is 10.1 Å². The third kappa shape index (κ3) is 2.25. The predicted octanol–water partition coefficient (Wildman–Crippen LogP) is 2.23. The number of carboxylic acids is 1. The van der Waals surface area contributed by atoms with E-state index in [9.17, 15) is 9.90 Å². The highest BCUT2D eigenvalue weighted by Gasteiger charge is 2.18. The summed E-state index contributed by atoms with van der Waals surface area (Å²) in [5.74, 6) is -0.356. The Balaban J connectivity index is 2.12. The van der Waals surface area contributed by atoms with E-state index in [0.29, 0.717) is 16.8 Å². The Kier molecular flexibility index (Phi) is 2.94. The smallest absolute Gasteiger partial charge is 0.337 e. The largest absolute Gasteiger partial charge is 0.508 e. The second kappa shape index (κ2) is 4.78. The van der Waals surface area contributed by atoms with Gasteiger partial charge in [0, 0.05) is 12.3 Å². The first-order chi connectivity index (χ1) is 10.1. The summed E-state index contributed by atoms with van der Waals surface area (Å²) in [5.41, 5.74) is 1.12. The fraction of sp³-hybridized carbons (Fsp3) is 0.0714. The number of rotatable bonds is 3. The van der Waals surface area contributed by atoms with Gasteiger partial charge in [-0.05, 0) is 24.6 Å². The number of carbonyl (C=O) groups is 1. The number of aromatic carboxylic acids is 1. The van der Waals surface area contributed by atoms with Crippen molar-refractivity contribution in [3.63, 3.8) is 0 Å². The third-order valence-electron chi connectivity index (χ3n) is 3.06. The van der Waals surface area contributed by atoms with E-state index in [-0.39, 0.29) is 17.2 Å². The van der Waals surface area contributed by atoms with Gasteiger partial charge in [-0.3, -0.25) is 0 Å². The minimum atomic E-state index is -1.04. The van der Waals surface area contributed by atoms with Crippen LogP contribution in [-0.4, -0.2) is 30.8 Å². The highest BCUT2D eigenvalue weighted by molar-refractivity contribution is 5.92. The van der Waals surface area contributed by atoms with Crippen LogP contribution < -0.4 is 4.74 Å². The van der Waals surface area contributed by atoms with E-state index in [4.69, 9.17) is 9.84 Å². The predicted molar refractivity (Wildman–Crippen MR) is 72.9 cm³/mol. The maximum atomic E-state index is 11.2. The van der Waals surface area contributed by atoms with Crippen LogP contribution in [0.25, 0.3) is 5.52 Å². The summed E-state index contributed by atoms with van der Waals surface area (Å²) in [5, 5.41) is 22.6. The normalized spacial score (nSPS) is 10.7. The molecular weight excluding hydrogens is 274 g/mol. The molecule has 21 heavy (non-hydrogen) atoms. The molecule has 3 aromatic rings. The molecule has 0 amide bonds. The number of fused-ring (bicyclic) bond motifs is 1. The van der Waals surface area contributed by atoms with E-state index in [1.54, 1.807) is 19.1 Å². The molecule has 0 aliphatic rings. The van der Waals surface area contributed by atoms with Crippen LogP contribution in [0.2, 0.25) is 0 Å². The Morgan fingerprint density at radius 1 is 1.38 bits per heavy atom. The molecule has 0 fully saturated rings. The standard InChI is InChI=1S/C14H11N3O4/c1-8-11(14(19)20)6-17-12(8)13(15-7-16-17)21-10-4-2-3-9(18)5-10/h2-7,18H,1H3,(H,19,20). The SMILES string of the molecule is Cc1c(C(=O)O)cn2ncnc(Oc3cccc(O)c3)c12. The van der Waals surface area contributed by atoms with E-state index in [1.807, 2.05) is 0 Å². The summed E-state index contributed by atoms with van der Waals surface area (Å²) in [6.07, 6.45) is 2.68. The van der Waals surface area contributed by atoms with Crippen molar-refractivity contribution in [1.29, 1.82) is 0 Å². The minimum absolute atomic E-state index is 0.0657. The monoisotopic (exact) mass is 285 g/mol. The number of carboxylic acid groups (broad SMARTS) is 1. The van der Waals surface area contributed by atoms with Crippen molar-refractivity contribution >= 4 is 11.5 Å². The molecule has 7 nitrogen and oxygen atoms in total. The summed E-state index contributed by atoms with van der Waals surface area (Å²) in [6, 6.07) is 6.26. The number of benzene rings is 1. The third-order valence-corrected chi connectivity index (χ3v) is 3.06. The van der Waals surface area contributed by atoms with Crippen LogP contribution in [0, 0.1) is 6.92 Å². The average Bonchev–Trinajstić information content (AvgIpc) is 2.77. The number of phenolic OH excluding ortho intramolecular Hbond substituents is 1. The van der Waals surface area contributed by atoms with Gasteiger partial charge in [0.2, 0.25) is 5.88 Å². The molecule has 0 aliphatic heterocycles. The zero-order valence-electron chi connectivity index (χ0n) is 11.0. The lowest BCUT2D eigenvalue weighted by Crippen LogP contribution is -1.96. The van der Waals surface area contributed by atoms with Crippen LogP contribution >= 0.6 is 0 Å². The Hall–Kier alpha value is -3.09. The van der Waals surface area contributed by atoms with Crippen molar-refractivity contribution in [2.45, 2.75) is 6.92 Å². The quantitative estimate of drug-likeness (QED) is 0.766. The van der Waals surface area contributed by atoms with Crippen LogP contribution in [0.15, 0.2) is 36.8 Å². The Bertz CT molecular complexity index is 841. The van der Waals surface area contributed by atoms with Gasteiger partial charge >= 0.3 is 5.97 Å². The van der Waals surface area contributed by atoms with Gasteiger partial charge in [-0.1, -0.05) is 6.07 Å². The first kappa shape index (κ1) is 12.9. The van der Waals surface area contributed by atoms with Crippen molar-refractivity contribution in [1.82, 2.24) is 14.6 Å². The van der Waals surface area contributed by atoms with Crippen LogP contribution in [0.4, 0.5) is 0 Å². The molecule has 0 radical (unpaired) electrons. The fourth-order valence-corrected chi connectivity index (χ4v) is 2.08. The molecular formula is C14H11N3O4. The lowest BCUT2D eigenvalue weighted by atomic mass is 10.2. The number of aryl methyl sites for hydroxylation is 1. The maximum Gasteiger partial charge on any atom is 0.337 e. The van der Waals surface area contributed by atoms with E-state index in [1.165, 1.54) is 29.2 Å². The number of aromatic hydroxyl groups is 1. The topological polar surface area (TPSA) is 97.0 Å². The highest BCUT2D eigenvalue weighted by atomic mass is 16.5. The van der Waals surface area contributed by atoms with Crippen LogP contribution in [0.5, 0.6) is 17.4 Å². The van der Waals surface area contributed by atoms with E-state index in [0.717, 1.165) is 0 Å². The summed E-state index contributed by atoms with van der Waals surface area (Å²) in [6.45, 7) is 1.66. The van der Waals surface area contributed by atoms with Gasteiger partial charge in [0.15, 0.2) is 0 Å². The molecule has 0 saturated carbocycles. The zero-order valence-corrected chi connectivity index (χ0v) is 11.0. The second-order valence-electron chi connectivity index (χ2n) is 4.43. The van der Waals surface area contributed by atoms with Gasteiger partial charge in [0.25, 0.3) is 0 Å². The summed E-state index contributed by atoms with van der Waals surface area (Å²) in [4.78, 5) is 15.2. The number of aromatic nitrogens is 3. The number of ether oxygens (including phenoxy) is 1. The Morgan fingerprint density at radius 3 is 2.90 bits per heavy atom. The first-order valence-corrected chi connectivity index (χ1v) is 6.09. The molecule has 1 aromatic carbocycles. The van der Waals surface area contributed by atoms with E-state index in [2.05, 4.69) is 10.1 Å².